The van der Waals surface area contributed by atoms with Crippen molar-refractivity contribution < 1.29 is 13.2 Å². The van der Waals surface area contributed by atoms with Gasteiger partial charge >= 0.3 is 6.03 Å². The molecule has 0 saturated carbocycles. The van der Waals surface area contributed by atoms with Crippen LogP contribution in [0.5, 0.6) is 0 Å². The molecule has 0 aliphatic carbocycles. The molecule has 0 spiro atoms. The highest BCUT2D eigenvalue weighted by Crippen LogP contribution is 2.14. The van der Waals surface area contributed by atoms with Gasteiger partial charge in [-0.05, 0) is 32.0 Å². The lowest BCUT2D eigenvalue weighted by Crippen LogP contribution is -2.34. The second-order valence-corrected chi connectivity index (χ2v) is 5.24. The van der Waals surface area contributed by atoms with E-state index in [1.165, 1.54) is 18.2 Å². The molecule has 6 nitrogen and oxygen atoms in total. The van der Waals surface area contributed by atoms with Crippen LogP contribution >= 0.6 is 0 Å². The first kappa shape index (κ1) is 14.5. The Kier molecular flexibility index (Phi) is 4.69. The van der Waals surface area contributed by atoms with E-state index in [1.807, 2.05) is 13.8 Å². The molecule has 0 radical (unpaired) electrons. The van der Waals surface area contributed by atoms with E-state index in [9.17, 15) is 13.2 Å². The van der Waals surface area contributed by atoms with Crippen LogP contribution in [0.2, 0.25) is 0 Å². The maximum absolute atomic E-state index is 11.8. The van der Waals surface area contributed by atoms with E-state index >= 15 is 0 Å². The zero-order chi connectivity index (χ0) is 13.8. The van der Waals surface area contributed by atoms with Crippen molar-refractivity contribution in [1.82, 2.24) is 4.90 Å². The third kappa shape index (κ3) is 3.71. The second kappa shape index (κ2) is 5.83. The van der Waals surface area contributed by atoms with Gasteiger partial charge in [0, 0.05) is 18.8 Å². The van der Waals surface area contributed by atoms with E-state index in [1.54, 1.807) is 11.0 Å². The number of amides is 2. The number of hydrogen-bond donors (Lipinski definition) is 2. The molecule has 0 aromatic heterocycles. The number of primary sulfonamides is 1. The summed E-state index contributed by atoms with van der Waals surface area (Å²) in [6.45, 7) is 4.89. The van der Waals surface area contributed by atoms with Crippen molar-refractivity contribution in [2.75, 3.05) is 18.4 Å². The third-order valence-electron chi connectivity index (χ3n) is 2.46. The van der Waals surface area contributed by atoms with Crippen LogP contribution in [0.25, 0.3) is 0 Å². The molecule has 0 saturated heterocycles. The molecule has 18 heavy (non-hydrogen) atoms. The zero-order valence-electron chi connectivity index (χ0n) is 10.4. The molecule has 100 valence electrons. The highest BCUT2D eigenvalue weighted by molar-refractivity contribution is 7.89. The summed E-state index contributed by atoms with van der Waals surface area (Å²) in [5, 5.41) is 7.64. The molecule has 1 aromatic rings. The number of carbonyl (C=O) groups is 1. The molecule has 1 aromatic carbocycles. The first-order valence-corrected chi connectivity index (χ1v) is 7.12. The second-order valence-electron chi connectivity index (χ2n) is 3.68. The quantitative estimate of drug-likeness (QED) is 0.862. The summed E-state index contributed by atoms with van der Waals surface area (Å²) >= 11 is 0. The standard InChI is InChI=1S/C11H17N3O3S/c1-3-14(4-2)11(15)13-9-6-5-7-10(8-9)18(12,16)17/h5-8H,3-4H2,1-2H3,(H,13,15)(H2,12,16,17). The maximum atomic E-state index is 11.8. The van der Waals surface area contributed by atoms with Crippen LogP contribution in [-0.4, -0.2) is 32.4 Å². The fourth-order valence-corrected chi connectivity index (χ4v) is 2.02. The fraction of sp³-hybridized carbons (Fsp3) is 0.364. The maximum Gasteiger partial charge on any atom is 0.321 e. The minimum Gasteiger partial charge on any atom is -0.325 e. The van der Waals surface area contributed by atoms with Gasteiger partial charge in [-0.3, -0.25) is 0 Å². The first-order chi connectivity index (χ1) is 8.38. The summed E-state index contributed by atoms with van der Waals surface area (Å²) in [6.07, 6.45) is 0. The number of urea groups is 1. The van der Waals surface area contributed by atoms with Crippen LogP contribution in [-0.2, 0) is 10.0 Å². The lowest BCUT2D eigenvalue weighted by atomic mass is 10.3. The van der Waals surface area contributed by atoms with Gasteiger partial charge in [0.05, 0.1) is 4.90 Å². The van der Waals surface area contributed by atoms with E-state index in [-0.39, 0.29) is 10.9 Å². The number of sulfonamides is 1. The van der Waals surface area contributed by atoms with Crippen molar-refractivity contribution in [3.05, 3.63) is 24.3 Å². The average molecular weight is 271 g/mol. The predicted octanol–water partition coefficient (Wildman–Crippen LogP) is 1.21. The van der Waals surface area contributed by atoms with E-state index in [0.29, 0.717) is 18.8 Å². The van der Waals surface area contributed by atoms with Gasteiger partial charge in [-0.1, -0.05) is 6.07 Å². The Morgan fingerprint density at radius 1 is 1.33 bits per heavy atom. The van der Waals surface area contributed by atoms with Gasteiger partial charge in [0.2, 0.25) is 10.0 Å². The molecule has 0 unspecified atom stereocenters. The Morgan fingerprint density at radius 3 is 2.44 bits per heavy atom. The molecule has 3 N–H and O–H groups in total. The zero-order valence-corrected chi connectivity index (χ0v) is 11.2. The molecule has 2 amide bonds. The van der Waals surface area contributed by atoms with E-state index in [2.05, 4.69) is 5.32 Å². The van der Waals surface area contributed by atoms with Crippen molar-refractivity contribution in [3.63, 3.8) is 0 Å². The monoisotopic (exact) mass is 271 g/mol. The van der Waals surface area contributed by atoms with Crippen molar-refractivity contribution in [3.8, 4) is 0 Å². The van der Waals surface area contributed by atoms with Gasteiger partial charge in [-0.25, -0.2) is 18.4 Å². The van der Waals surface area contributed by atoms with E-state index in [0.717, 1.165) is 0 Å². The van der Waals surface area contributed by atoms with Crippen molar-refractivity contribution >= 4 is 21.7 Å². The summed E-state index contributed by atoms with van der Waals surface area (Å²) in [4.78, 5) is 13.3. The van der Waals surface area contributed by atoms with Crippen LogP contribution in [0, 0.1) is 0 Å². The molecule has 7 heteroatoms. The molecule has 0 bridgehead atoms. The first-order valence-electron chi connectivity index (χ1n) is 5.57. The van der Waals surface area contributed by atoms with Crippen molar-refractivity contribution in [2.24, 2.45) is 5.14 Å². The van der Waals surface area contributed by atoms with Crippen LogP contribution < -0.4 is 10.5 Å². The molecule has 0 heterocycles. The summed E-state index contributed by atoms with van der Waals surface area (Å²) in [5.41, 5.74) is 0.401. The Labute approximate surface area is 107 Å². The predicted molar refractivity (Wildman–Crippen MR) is 69.8 cm³/mol. The highest BCUT2D eigenvalue weighted by atomic mass is 32.2. The summed E-state index contributed by atoms with van der Waals surface area (Å²) < 4.78 is 22.3. The number of benzene rings is 1. The highest BCUT2D eigenvalue weighted by Gasteiger charge is 2.12. The number of carbonyl (C=O) groups excluding carboxylic acids is 1. The molecule has 1 rings (SSSR count). The van der Waals surface area contributed by atoms with Crippen LogP contribution in [0.1, 0.15) is 13.8 Å². The molecule has 0 aliphatic rings. The topological polar surface area (TPSA) is 92.5 Å². The van der Waals surface area contributed by atoms with Gasteiger partial charge in [-0.2, -0.15) is 0 Å². The number of nitrogens with one attached hydrogen (secondary N) is 1. The average Bonchev–Trinajstić information content (AvgIpc) is 2.29. The lowest BCUT2D eigenvalue weighted by Gasteiger charge is -2.19. The van der Waals surface area contributed by atoms with Gasteiger partial charge < -0.3 is 10.2 Å². The largest absolute Gasteiger partial charge is 0.325 e. The molecular weight excluding hydrogens is 254 g/mol. The minimum absolute atomic E-state index is 0.0279. The SMILES string of the molecule is CCN(CC)C(=O)Nc1cccc(S(N)(=O)=O)c1. The number of nitrogens with two attached hydrogens (primary N) is 1. The Morgan fingerprint density at radius 2 is 1.94 bits per heavy atom. The van der Waals surface area contributed by atoms with Gasteiger partial charge in [0.1, 0.15) is 0 Å². The summed E-state index contributed by atoms with van der Waals surface area (Å²) in [7, 11) is -3.76. The van der Waals surface area contributed by atoms with E-state index in [4.69, 9.17) is 5.14 Å². The molecule has 0 fully saturated rings. The fourth-order valence-electron chi connectivity index (χ4n) is 1.46. The Balaban J connectivity index is 2.89. The van der Waals surface area contributed by atoms with Crippen molar-refractivity contribution in [1.29, 1.82) is 0 Å². The molecule has 0 aliphatic heterocycles. The van der Waals surface area contributed by atoms with Gasteiger partial charge in [0.25, 0.3) is 0 Å². The van der Waals surface area contributed by atoms with E-state index < -0.39 is 10.0 Å². The number of hydrogen-bond acceptors (Lipinski definition) is 3. The minimum atomic E-state index is -3.76. The summed E-state index contributed by atoms with van der Waals surface area (Å²) in [5.74, 6) is 0. The van der Waals surface area contributed by atoms with Gasteiger partial charge in [-0.15, -0.1) is 0 Å². The smallest absolute Gasteiger partial charge is 0.321 e. The molecular formula is C11H17N3O3S. The third-order valence-corrected chi connectivity index (χ3v) is 3.38. The molecule has 0 atom stereocenters. The summed E-state index contributed by atoms with van der Waals surface area (Å²) in [6, 6.07) is 5.57. The Bertz CT molecular complexity index is 524. The number of anilines is 1. The number of rotatable bonds is 4. The van der Waals surface area contributed by atoms with Crippen LogP contribution in [0.15, 0.2) is 29.2 Å². The Hall–Kier alpha value is -1.60. The van der Waals surface area contributed by atoms with Crippen LogP contribution in [0.4, 0.5) is 10.5 Å². The van der Waals surface area contributed by atoms with Crippen molar-refractivity contribution in [2.45, 2.75) is 18.7 Å². The normalized spacial score (nSPS) is 11.1. The lowest BCUT2D eigenvalue weighted by molar-refractivity contribution is 0.217. The van der Waals surface area contributed by atoms with Crippen LogP contribution in [0.3, 0.4) is 0 Å². The van der Waals surface area contributed by atoms with Gasteiger partial charge in [0.15, 0.2) is 0 Å². The number of nitrogens with zero attached hydrogens (tertiary/aromatic N) is 1.